The summed E-state index contributed by atoms with van der Waals surface area (Å²) in [5.41, 5.74) is 0. The van der Waals surface area contributed by atoms with Crippen LogP contribution < -0.4 is 0 Å². The van der Waals surface area contributed by atoms with Crippen molar-refractivity contribution in [2.45, 2.75) is 95.3 Å². The third kappa shape index (κ3) is 3.54. The summed E-state index contributed by atoms with van der Waals surface area (Å²) >= 11 is 6.82. The van der Waals surface area contributed by atoms with Crippen LogP contribution in [-0.2, 0) is 0 Å². The molecule has 0 spiro atoms. The number of rotatable bonds is 3. The van der Waals surface area contributed by atoms with Gasteiger partial charge in [0.15, 0.2) is 0 Å². The Bertz CT molecular complexity index is 257. The van der Waals surface area contributed by atoms with Gasteiger partial charge in [0.2, 0.25) is 0 Å². The van der Waals surface area contributed by atoms with Gasteiger partial charge >= 0.3 is 0 Å². The first-order chi connectivity index (χ1) is 9.86. The maximum Gasteiger partial charge on any atom is 0.0367 e. The smallest absolute Gasteiger partial charge is 0.0367 e. The molecule has 3 fully saturated rings. The molecule has 20 heavy (non-hydrogen) atoms. The number of alkyl halides is 1. The van der Waals surface area contributed by atoms with Crippen molar-refractivity contribution in [2.24, 2.45) is 23.7 Å². The summed E-state index contributed by atoms with van der Waals surface area (Å²) in [6.45, 7) is 0. The average molecular weight is 297 g/mol. The zero-order valence-electron chi connectivity index (χ0n) is 13.2. The Labute approximate surface area is 131 Å². The maximum absolute atomic E-state index is 6.82. The Morgan fingerprint density at radius 1 is 0.550 bits per heavy atom. The maximum atomic E-state index is 6.82. The molecule has 3 aliphatic rings. The number of hydrogen-bond acceptors (Lipinski definition) is 0. The van der Waals surface area contributed by atoms with Crippen LogP contribution in [0.5, 0.6) is 0 Å². The van der Waals surface area contributed by atoms with Crippen LogP contribution in [0.1, 0.15) is 89.9 Å². The van der Waals surface area contributed by atoms with Crippen LogP contribution in [-0.4, -0.2) is 5.38 Å². The lowest BCUT2D eigenvalue weighted by Gasteiger charge is -2.45. The molecule has 0 heterocycles. The second-order valence-corrected chi connectivity index (χ2v) is 8.40. The van der Waals surface area contributed by atoms with Crippen molar-refractivity contribution in [1.82, 2.24) is 0 Å². The Morgan fingerprint density at radius 3 is 1.50 bits per heavy atom. The van der Waals surface area contributed by atoms with E-state index in [1.807, 2.05) is 0 Å². The molecule has 0 N–H and O–H groups in total. The highest BCUT2D eigenvalue weighted by Crippen LogP contribution is 2.48. The molecular weight excluding hydrogens is 264 g/mol. The molecule has 0 aromatic heterocycles. The van der Waals surface area contributed by atoms with Gasteiger partial charge in [-0.05, 0) is 36.5 Å². The predicted molar refractivity (Wildman–Crippen MR) is 88.2 cm³/mol. The molecule has 0 amide bonds. The molecule has 0 saturated heterocycles. The van der Waals surface area contributed by atoms with Crippen molar-refractivity contribution in [3.63, 3.8) is 0 Å². The van der Waals surface area contributed by atoms with Crippen molar-refractivity contribution in [3.8, 4) is 0 Å². The van der Waals surface area contributed by atoms with Crippen LogP contribution in [0.3, 0.4) is 0 Å². The molecule has 3 saturated carbocycles. The van der Waals surface area contributed by atoms with Gasteiger partial charge in [0, 0.05) is 5.38 Å². The summed E-state index contributed by atoms with van der Waals surface area (Å²) in [6.07, 6.45) is 20.6. The van der Waals surface area contributed by atoms with Crippen molar-refractivity contribution >= 4 is 11.6 Å². The molecule has 3 rings (SSSR count). The van der Waals surface area contributed by atoms with Crippen LogP contribution in [0.25, 0.3) is 0 Å². The SMILES string of the molecule is ClC1CCCCC1C(C1CCCCC1)C1CCCCC1. The van der Waals surface area contributed by atoms with Gasteiger partial charge in [0.1, 0.15) is 0 Å². The highest BCUT2D eigenvalue weighted by atomic mass is 35.5. The Morgan fingerprint density at radius 2 is 1.00 bits per heavy atom. The highest BCUT2D eigenvalue weighted by Gasteiger charge is 2.40. The average Bonchev–Trinajstić information content (AvgIpc) is 2.52. The van der Waals surface area contributed by atoms with Crippen LogP contribution in [0, 0.1) is 23.7 Å². The van der Waals surface area contributed by atoms with Crippen LogP contribution >= 0.6 is 11.6 Å². The summed E-state index contributed by atoms with van der Waals surface area (Å²) < 4.78 is 0. The quantitative estimate of drug-likeness (QED) is 0.517. The third-order valence-electron chi connectivity index (χ3n) is 6.61. The minimum absolute atomic E-state index is 0.498. The Hall–Kier alpha value is 0.290. The van der Waals surface area contributed by atoms with Gasteiger partial charge in [-0.25, -0.2) is 0 Å². The molecule has 116 valence electrons. The summed E-state index contributed by atoms with van der Waals surface area (Å²) in [4.78, 5) is 0. The van der Waals surface area contributed by atoms with E-state index < -0.39 is 0 Å². The number of hydrogen-bond donors (Lipinski definition) is 0. The Kier molecular flexibility index (Phi) is 5.72. The van der Waals surface area contributed by atoms with E-state index in [1.165, 1.54) is 89.9 Å². The molecule has 2 atom stereocenters. The molecule has 0 radical (unpaired) electrons. The lowest BCUT2D eigenvalue weighted by molar-refractivity contribution is 0.0695. The fraction of sp³-hybridized carbons (Fsp3) is 1.00. The van der Waals surface area contributed by atoms with Gasteiger partial charge in [0.25, 0.3) is 0 Å². The molecule has 3 aliphatic carbocycles. The topological polar surface area (TPSA) is 0 Å². The summed E-state index contributed by atoms with van der Waals surface area (Å²) in [5, 5.41) is 0.498. The van der Waals surface area contributed by atoms with Crippen LogP contribution in [0.15, 0.2) is 0 Å². The summed E-state index contributed by atoms with van der Waals surface area (Å²) in [7, 11) is 0. The van der Waals surface area contributed by atoms with Crippen molar-refractivity contribution in [2.75, 3.05) is 0 Å². The van der Waals surface area contributed by atoms with Gasteiger partial charge in [-0.2, -0.15) is 0 Å². The van der Waals surface area contributed by atoms with E-state index in [0.717, 1.165) is 23.7 Å². The lowest BCUT2D eigenvalue weighted by Crippen LogP contribution is -2.38. The standard InChI is InChI=1S/C19H33Cl/c20-18-14-8-7-13-17(18)19(15-9-3-1-4-10-15)16-11-5-2-6-12-16/h15-19H,1-14H2. The predicted octanol–water partition coefficient (Wildman–Crippen LogP) is 6.56. The molecule has 0 aromatic carbocycles. The Balaban J connectivity index is 1.73. The van der Waals surface area contributed by atoms with E-state index in [-0.39, 0.29) is 0 Å². The summed E-state index contributed by atoms with van der Waals surface area (Å²) in [5.74, 6) is 3.89. The van der Waals surface area contributed by atoms with Gasteiger partial charge in [-0.3, -0.25) is 0 Å². The molecule has 0 bridgehead atoms. The molecular formula is C19H33Cl. The van der Waals surface area contributed by atoms with Crippen LogP contribution in [0.4, 0.5) is 0 Å². The zero-order valence-corrected chi connectivity index (χ0v) is 13.9. The second kappa shape index (κ2) is 7.52. The first-order valence-corrected chi connectivity index (χ1v) is 9.94. The largest absolute Gasteiger partial charge is 0.123 e. The van der Waals surface area contributed by atoms with E-state index in [1.54, 1.807) is 0 Å². The molecule has 0 nitrogen and oxygen atoms in total. The monoisotopic (exact) mass is 296 g/mol. The van der Waals surface area contributed by atoms with E-state index >= 15 is 0 Å². The second-order valence-electron chi connectivity index (χ2n) is 7.84. The fourth-order valence-corrected chi connectivity index (χ4v) is 6.12. The molecule has 0 aromatic rings. The van der Waals surface area contributed by atoms with Gasteiger partial charge in [0.05, 0.1) is 0 Å². The first-order valence-electron chi connectivity index (χ1n) is 9.50. The first kappa shape index (κ1) is 15.2. The van der Waals surface area contributed by atoms with E-state index in [2.05, 4.69) is 0 Å². The highest BCUT2D eigenvalue weighted by molar-refractivity contribution is 6.20. The molecule has 0 aliphatic heterocycles. The number of halogens is 1. The van der Waals surface area contributed by atoms with E-state index in [4.69, 9.17) is 11.6 Å². The van der Waals surface area contributed by atoms with Gasteiger partial charge in [-0.1, -0.05) is 77.0 Å². The van der Waals surface area contributed by atoms with Crippen LogP contribution in [0.2, 0.25) is 0 Å². The molecule has 1 heteroatoms. The van der Waals surface area contributed by atoms with Crippen molar-refractivity contribution < 1.29 is 0 Å². The van der Waals surface area contributed by atoms with Crippen molar-refractivity contribution in [3.05, 3.63) is 0 Å². The molecule has 2 unspecified atom stereocenters. The summed E-state index contributed by atoms with van der Waals surface area (Å²) in [6, 6.07) is 0. The normalized spacial score (nSPS) is 34.5. The van der Waals surface area contributed by atoms with E-state index in [0.29, 0.717) is 5.38 Å². The zero-order chi connectivity index (χ0) is 13.8. The fourth-order valence-electron chi connectivity index (χ4n) is 5.67. The minimum atomic E-state index is 0.498. The third-order valence-corrected chi connectivity index (χ3v) is 7.16. The minimum Gasteiger partial charge on any atom is -0.123 e. The van der Waals surface area contributed by atoms with Crippen molar-refractivity contribution in [1.29, 1.82) is 0 Å². The lowest BCUT2D eigenvalue weighted by atomic mass is 9.62. The van der Waals surface area contributed by atoms with Gasteiger partial charge in [-0.15, -0.1) is 11.6 Å². The van der Waals surface area contributed by atoms with Gasteiger partial charge < -0.3 is 0 Å². The van der Waals surface area contributed by atoms with E-state index in [9.17, 15) is 0 Å².